The van der Waals surface area contributed by atoms with Gasteiger partial charge in [-0.2, -0.15) is 0 Å². The molecule has 0 amide bonds. The van der Waals surface area contributed by atoms with Crippen molar-refractivity contribution in [1.82, 2.24) is 0 Å². The van der Waals surface area contributed by atoms with Crippen LogP contribution >= 0.6 is 0 Å². The van der Waals surface area contributed by atoms with Crippen LogP contribution in [-0.4, -0.2) is 30.8 Å². The molecule has 3 N–H and O–H groups in total. The van der Waals surface area contributed by atoms with Crippen LogP contribution in [0.15, 0.2) is 18.2 Å². The molecule has 2 atom stereocenters. The molecule has 0 radical (unpaired) electrons. The Kier molecular flexibility index (Phi) is 3.31. The van der Waals surface area contributed by atoms with E-state index in [9.17, 15) is 4.79 Å². The van der Waals surface area contributed by atoms with Crippen molar-refractivity contribution in [3.05, 3.63) is 29.3 Å². The van der Waals surface area contributed by atoms with Gasteiger partial charge in [0.05, 0.1) is 13.2 Å². The van der Waals surface area contributed by atoms with E-state index < -0.39 is 5.97 Å². The number of aliphatic carboxylic acids is 1. The number of ether oxygens (including phenoxy) is 2. The smallest absolute Gasteiger partial charge is 0.329 e. The number of hydrogen-bond donors (Lipinski definition) is 2. The van der Waals surface area contributed by atoms with Crippen molar-refractivity contribution in [1.29, 1.82) is 0 Å². The molecule has 0 saturated carbocycles. The Morgan fingerprint density at radius 3 is 3.00 bits per heavy atom. The monoisotopic (exact) mass is 237 g/mol. The minimum Gasteiger partial charge on any atom is -0.497 e. The van der Waals surface area contributed by atoms with Crippen molar-refractivity contribution in [2.75, 3.05) is 13.7 Å². The molecule has 0 fully saturated rings. The predicted octanol–water partition coefficient (Wildman–Crippen LogP) is 0.721. The number of carbonyl (C=O) groups is 1. The van der Waals surface area contributed by atoms with E-state index in [4.69, 9.17) is 20.3 Å². The van der Waals surface area contributed by atoms with Crippen LogP contribution in [0.2, 0.25) is 0 Å². The van der Waals surface area contributed by atoms with Crippen molar-refractivity contribution in [3.63, 3.8) is 0 Å². The van der Waals surface area contributed by atoms with E-state index >= 15 is 0 Å². The SMILES string of the molecule is COc1ccc2c(c1)CC(N)C2OCC(=O)O. The molecule has 0 aliphatic heterocycles. The summed E-state index contributed by atoms with van der Waals surface area (Å²) in [5.41, 5.74) is 7.97. The number of methoxy groups -OCH3 is 1. The molecule has 17 heavy (non-hydrogen) atoms. The standard InChI is InChI=1S/C12H15NO4/c1-16-8-2-3-9-7(4-8)5-10(13)12(9)17-6-11(14)15/h2-4,10,12H,5-6,13H2,1H3,(H,14,15). The fraction of sp³-hybridized carbons (Fsp3) is 0.417. The second-order valence-electron chi connectivity index (χ2n) is 4.06. The molecule has 1 aromatic rings. The van der Waals surface area contributed by atoms with Crippen molar-refractivity contribution in [2.45, 2.75) is 18.6 Å². The Balaban J connectivity index is 2.19. The first-order chi connectivity index (χ1) is 8.11. The molecule has 0 aromatic heterocycles. The minimum atomic E-state index is -0.987. The highest BCUT2D eigenvalue weighted by Crippen LogP contribution is 2.35. The van der Waals surface area contributed by atoms with Gasteiger partial charge in [0.25, 0.3) is 0 Å². The number of fused-ring (bicyclic) bond motifs is 1. The fourth-order valence-electron chi connectivity index (χ4n) is 2.13. The van der Waals surface area contributed by atoms with Gasteiger partial charge < -0.3 is 20.3 Å². The van der Waals surface area contributed by atoms with E-state index in [1.165, 1.54) is 0 Å². The van der Waals surface area contributed by atoms with Crippen molar-refractivity contribution < 1.29 is 19.4 Å². The topological polar surface area (TPSA) is 81.8 Å². The molecule has 1 aromatic carbocycles. The van der Waals surface area contributed by atoms with Crippen molar-refractivity contribution in [2.24, 2.45) is 5.73 Å². The first-order valence-corrected chi connectivity index (χ1v) is 5.37. The van der Waals surface area contributed by atoms with Crippen LogP contribution in [0.4, 0.5) is 0 Å². The number of carboxylic acids is 1. The van der Waals surface area contributed by atoms with Gasteiger partial charge >= 0.3 is 5.97 Å². The third-order valence-corrected chi connectivity index (χ3v) is 2.89. The number of benzene rings is 1. The first kappa shape index (κ1) is 11.9. The summed E-state index contributed by atoms with van der Waals surface area (Å²) in [6.07, 6.45) is 0.337. The molecule has 1 aliphatic carbocycles. The van der Waals surface area contributed by atoms with E-state index in [1.807, 2.05) is 18.2 Å². The lowest BCUT2D eigenvalue weighted by atomic mass is 10.1. The van der Waals surface area contributed by atoms with E-state index in [1.54, 1.807) is 7.11 Å². The Hall–Kier alpha value is -1.59. The number of hydrogen-bond acceptors (Lipinski definition) is 4. The molecule has 5 heteroatoms. The van der Waals surface area contributed by atoms with Gasteiger partial charge in [-0.3, -0.25) is 0 Å². The van der Waals surface area contributed by atoms with Crippen molar-refractivity contribution in [3.8, 4) is 5.75 Å². The molecule has 1 aliphatic rings. The Morgan fingerprint density at radius 2 is 2.35 bits per heavy atom. The average Bonchev–Trinajstić information content (AvgIpc) is 2.60. The minimum absolute atomic E-state index is 0.198. The highest BCUT2D eigenvalue weighted by atomic mass is 16.5. The van der Waals surface area contributed by atoms with Crippen LogP contribution in [0.5, 0.6) is 5.75 Å². The fourth-order valence-corrected chi connectivity index (χ4v) is 2.13. The highest BCUT2D eigenvalue weighted by Gasteiger charge is 2.31. The van der Waals surface area contributed by atoms with Gasteiger partial charge in [-0.1, -0.05) is 6.07 Å². The number of carboxylic acid groups (broad SMARTS) is 1. The lowest BCUT2D eigenvalue weighted by Gasteiger charge is -2.16. The van der Waals surface area contributed by atoms with Gasteiger partial charge in [0, 0.05) is 6.04 Å². The van der Waals surface area contributed by atoms with Gasteiger partial charge in [0.15, 0.2) is 0 Å². The second-order valence-corrected chi connectivity index (χ2v) is 4.06. The average molecular weight is 237 g/mol. The largest absolute Gasteiger partial charge is 0.497 e. The molecule has 0 saturated heterocycles. The molecule has 0 spiro atoms. The summed E-state index contributed by atoms with van der Waals surface area (Å²) in [4.78, 5) is 10.5. The van der Waals surface area contributed by atoms with Crippen LogP contribution < -0.4 is 10.5 Å². The lowest BCUT2D eigenvalue weighted by molar-refractivity contribution is -0.144. The maximum Gasteiger partial charge on any atom is 0.329 e. The van der Waals surface area contributed by atoms with E-state index in [0.29, 0.717) is 6.42 Å². The predicted molar refractivity (Wildman–Crippen MR) is 61.0 cm³/mol. The zero-order chi connectivity index (χ0) is 12.4. The summed E-state index contributed by atoms with van der Waals surface area (Å²) in [5, 5.41) is 8.60. The van der Waals surface area contributed by atoms with Gasteiger partial charge in [0.2, 0.25) is 0 Å². The quantitative estimate of drug-likeness (QED) is 0.806. The second kappa shape index (κ2) is 4.73. The Morgan fingerprint density at radius 1 is 1.59 bits per heavy atom. The van der Waals surface area contributed by atoms with Gasteiger partial charge in [-0.15, -0.1) is 0 Å². The maximum absolute atomic E-state index is 10.5. The maximum atomic E-state index is 10.5. The third kappa shape index (κ3) is 2.40. The van der Waals surface area contributed by atoms with Gasteiger partial charge in [-0.05, 0) is 29.7 Å². The van der Waals surface area contributed by atoms with Gasteiger partial charge in [-0.25, -0.2) is 4.79 Å². The zero-order valence-corrected chi connectivity index (χ0v) is 9.55. The molecule has 2 unspecified atom stereocenters. The van der Waals surface area contributed by atoms with E-state index in [-0.39, 0.29) is 18.8 Å². The summed E-state index contributed by atoms with van der Waals surface area (Å²) in [7, 11) is 1.61. The van der Waals surface area contributed by atoms with E-state index in [2.05, 4.69) is 0 Å². The zero-order valence-electron chi connectivity index (χ0n) is 9.55. The number of rotatable bonds is 4. The Labute approximate surface area is 99.1 Å². The van der Waals surface area contributed by atoms with E-state index in [0.717, 1.165) is 16.9 Å². The molecule has 0 bridgehead atoms. The molecular formula is C12H15NO4. The summed E-state index contributed by atoms with van der Waals surface area (Å²) in [6.45, 7) is -0.330. The third-order valence-electron chi connectivity index (χ3n) is 2.89. The lowest BCUT2D eigenvalue weighted by Crippen LogP contribution is -2.28. The summed E-state index contributed by atoms with van der Waals surface area (Å²) in [6, 6.07) is 5.43. The van der Waals surface area contributed by atoms with Crippen LogP contribution in [0.1, 0.15) is 17.2 Å². The molecule has 2 rings (SSSR count). The Bertz CT molecular complexity index is 433. The molecule has 0 heterocycles. The van der Waals surface area contributed by atoms with Crippen LogP contribution in [0.3, 0.4) is 0 Å². The molecule has 92 valence electrons. The van der Waals surface area contributed by atoms with Crippen molar-refractivity contribution >= 4 is 5.97 Å². The van der Waals surface area contributed by atoms with Crippen LogP contribution in [0.25, 0.3) is 0 Å². The van der Waals surface area contributed by atoms with Crippen LogP contribution in [0, 0.1) is 0 Å². The summed E-state index contributed by atoms with van der Waals surface area (Å²) >= 11 is 0. The normalized spacial score (nSPS) is 22.2. The first-order valence-electron chi connectivity index (χ1n) is 5.37. The number of nitrogens with two attached hydrogens (primary N) is 1. The molecule has 5 nitrogen and oxygen atoms in total. The molecular weight excluding hydrogens is 222 g/mol. The summed E-state index contributed by atoms with van der Waals surface area (Å²) < 4.78 is 10.4. The highest BCUT2D eigenvalue weighted by molar-refractivity contribution is 5.68. The van der Waals surface area contributed by atoms with Crippen LogP contribution in [-0.2, 0) is 16.0 Å². The van der Waals surface area contributed by atoms with Gasteiger partial charge in [0.1, 0.15) is 12.4 Å². The summed E-state index contributed by atoms with van der Waals surface area (Å²) in [5.74, 6) is -0.214.